The minimum absolute atomic E-state index is 0.0331. The van der Waals surface area contributed by atoms with Gasteiger partial charge in [0.2, 0.25) is 5.91 Å². The molecular formula is C21H41NO3. The summed E-state index contributed by atoms with van der Waals surface area (Å²) in [6.45, 7) is 9.98. The normalized spacial score (nSPS) is 12.4. The molecule has 25 heavy (non-hydrogen) atoms. The van der Waals surface area contributed by atoms with E-state index < -0.39 is 6.04 Å². The van der Waals surface area contributed by atoms with E-state index in [2.05, 4.69) is 12.2 Å². The third-order valence-corrected chi connectivity index (χ3v) is 4.19. The van der Waals surface area contributed by atoms with Gasteiger partial charge in [0, 0.05) is 6.42 Å². The summed E-state index contributed by atoms with van der Waals surface area (Å²) in [5.41, 5.74) is 0. The summed E-state index contributed by atoms with van der Waals surface area (Å²) >= 11 is 0. The summed E-state index contributed by atoms with van der Waals surface area (Å²) in [6.07, 6.45) is 12.0. The maximum absolute atomic E-state index is 12.1. The van der Waals surface area contributed by atoms with E-state index in [1.54, 1.807) is 0 Å². The lowest BCUT2D eigenvalue weighted by Gasteiger charge is -2.20. The standard InChI is InChI=1S/C21H41NO3/c1-6-7-8-9-10-11-12-13-14-15-20(23)22-19(16-17(2)3)21(24)25-18(4)5/h17-19H,6-16H2,1-5H3,(H,22,23)/t19-/m0/s1. The predicted octanol–water partition coefficient (Wildman–Crippen LogP) is 5.39. The van der Waals surface area contributed by atoms with Crippen molar-refractivity contribution in [2.75, 3.05) is 0 Å². The Balaban J connectivity index is 3.92. The van der Waals surface area contributed by atoms with Crippen molar-refractivity contribution in [2.24, 2.45) is 5.92 Å². The van der Waals surface area contributed by atoms with Crippen LogP contribution >= 0.6 is 0 Å². The van der Waals surface area contributed by atoms with Crippen LogP contribution in [0.5, 0.6) is 0 Å². The molecule has 1 amide bonds. The molecule has 0 saturated carbocycles. The van der Waals surface area contributed by atoms with Gasteiger partial charge in [0.15, 0.2) is 0 Å². The first-order valence-corrected chi connectivity index (χ1v) is 10.4. The van der Waals surface area contributed by atoms with E-state index in [-0.39, 0.29) is 18.0 Å². The molecule has 0 aromatic rings. The predicted molar refractivity (Wildman–Crippen MR) is 104 cm³/mol. The fourth-order valence-electron chi connectivity index (χ4n) is 2.86. The second kappa shape index (κ2) is 15.2. The minimum atomic E-state index is -0.520. The topological polar surface area (TPSA) is 55.4 Å². The van der Waals surface area contributed by atoms with Gasteiger partial charge >= 0.3 is 5.97 Å². The monoisotopic (exact) mass is 355 g/mol. The number of nitrogens with one attached hydrogen (secondary N) is 1. The first-order valence-electron chi connectivity index (χ1n) is 10.4. The molecule has 0 aliphatic rings. The number of rotatable bonds is 15. The van der Waals surface area contributed by atoms with Crippen LogP contribution in [0.1, 0.15) is 105 Å². The molecule has 0 radical (unpaired) electrons. The van der Waals surface area contributed by atoms with Crippen molar-refractivity contribution < 1.29 is 14.3 Å². The molecule has 0 spiro atoms. The Labute approximate surface area is 155 Å². The van der Waals surface area contributed by atoms with E-state index in [1.165, 1.54) is 44.9 Å². The van der Waals surface area contributed by atoms with Crippen LogP contribution in [0.15, 0.2) is 0 Å². The molecule has 0 aliphatic heterocycles. The van der Waals surface area contributed by atoms with E-state index >= 15 is 0 Å². The number of hydrogen-bond donors (Lipinski definition) is 1. The van der Waals surface area contributed by atoms with Crippen LogP contribution in [0.25, 0.3) is 0 Å². The van der Waals surface area contributed by atoms with Crippen LogP contribution < -0.4 is 5.32 Å². The van der Waals surface area contributed by atoms with E-state index in [9.17, 15) is 9.59 Å². The van der Waals surface area contributed by atoms with Crippen molar-refractivity contribution in [1.29, 1.82) is 0 Å². The van der Waals surface area contributed by atoms with Gasteiger partial charge in [-0.2, -0.15) is 0 Å². The Morgan fingerprint density at radius 3 is 1.84 bits per heavy atom. The molecular weight excluding hydrogens is 314 g/mol. The number of amides is 1. The molecule has 4 nitrogen and oxygen atoms in total. The van der Waals surface area contributed by atoms with Gasteiger partial charge in [-0.1, -0.05) is 72.1 Å². The summed E-state index contributed by atoms with van der Waals surface area (Å²) in [4.78, 5) is 24.2. The van der Waals surface area contributed by atoms with Crippen molar-refractivity contribution in [3.63, 3.8) is 0 Å². The van der Waals surface area contributed by atoms with Crippen molar-refractivity contribution in [3.8, 4) is 0 Å². The fraction of sp³-hybridized carbons (Fsp3) is 0.905. The summed E-state index contributed by atoms with van der Waals surface area (Å²) in [5.74, 6) is -0.0175. The number of esters is 1. The van der Waals surface area contributed by atoms with Crippen molar-refractivity contribution in [2.45, 2.75) is 117 Å². The highest BCUT2D eigenvalue weighted by molar-refractivity contribution is 5.84. The maximum atomic E-state index is 12.1. The number of unbranched alkanes of at least 4 members (excludes halogenated alkanes) is 8. The number of carbonyl (C=O) groups is 2. The van der Waals surface area contributed by atoms with Gasteiger partial charge in [-0.3, -0.25) is 4.79 Å². The van der Waals surface area contributed by atoms with Crippen molar-refractivity contribution in [1.82, 2.24) is 5.32 Å². The molecule has 0 fully saturated rings. The number of carbonyl (C=O) groups excluding carboxylic acids is 2. The summed E-state index contributed by atoms with van der Waals surface area (Å²) in [7, 11) is 0. The third-order valence-electron chi connectivity index (χ3n) is 4.19. The molecule has 1 N–H and O–H groups in total. The smallest absolute Gasteiger partial charge is 0.328 e. The van der Waals surface area contributed by atoms with Gasteiger partial charge in [-0.15, -0.1) is 0 Å². The lowest BCUT2D eigenvalue weighted by atomic mass is 10.0. The third kappa shape index (κ3) is 14.9. The lowest BCUT2D eigenvalue weighted by molar-refractivity contribution is -0.152. The van der Waals surface area contributed by atoms with Gasteiger partial charge in [-0.05, 0) is 32.6 Å². The first kappa shape index (κ1) is 23.9. The fourth-order valence-corrected chi connectivity index (χ4v) is 2.86. The summed E-state index contributed by atoms with van der Waals surface area (Å²) in [6, 6.07) is -0.520. The summed E-state index contributed by atoms with van der Waals surface area (Å²) < 4.78 is 5.26. The van der Waals surface area contributed by atoms with Crippen LogP contribution in [-0.2, 0) is 14.3 Å². The number of hydrogen-bond acceptors (Lipinski definition) is 3. The molecule has 0 rings (SSSR count). The quantitative estimate of drug-likeness (QED) is 0.316. The zero-order valence-corrected chi connectivity index (χ0v) is 17.2. The molecule has 0 aromatic heterocycles. The van der Waals surface area contributed by atoms with E-state index in [0.717, 1.165) is 12.8 Å². The molecule has 0 saturated heterocycles. The van der Waals surface area contributed by atoms with E-state index in [0.29, 0.717) is 18.8 Å². The molecule has 148 valence electrons. The van der Waals surface area contributed by atoms with Gasteiger partial charge in [0.25, 0.3) is 0 Å². The second-order valence-corrected chi connectivity index (χ2v) is 7.81. The lowest BCUT2D eigenvalue weighted by Crippen LogP contribution is -2.43. The SMILES string of the molecule is CCCCCCCCCCCC(=O)N[C@@H](CC(C)C)C(=O)OC(C)C. The Hall–Kier alpha value is -1.06. The number of ether oxygens (including phenoxy) is 1. The molecule has 0 heterocycles. The molecule has 0 aromatic carbocycles. The average Bonchev–Trinajstić information content (AvgIpc) is 2.51. The zero-order chi connectivity index (χ0) is 19.1. The average molecular weight is 356 g/mol. The maximum Gasteiger partial charge on any atom is 0.328 e. The van der Waals surface area contributed by atoms with E-state index in [1.807, 2.05) is 27.7 Å². The largest absolute Gasteiger partial charge is 0.461 e. The van der Waals surface area contributed by atoms with Gasteiger partial charge < -0.3 is 10.1 Å². The molecule has 4 heteroatoms. The van der Waals surface area contributed by atoms with Crippen LogP contribution in [0.4, 0.5) is 0 Å². The van der Waals surface area contributed by atoms with Crippen LogP contribution in [-0.4, -0.2) is 24.0 Å². The highest BCUT2D eigenvalue weighted by Crippen LogP contribution is 2.11. The van der Waals surface area contributed by atoms with Gasteiger partial charge in [0.1, 0.15) is 6.04 Å². The Kier molecular flexibility index (Phi) is 14.6. The Bertz CT molecular complexity index is 353. The van der Waals surface area contributed by atoms with Gasteiger partial charge in [-0.25, -0.2) is 4.79 Å². The first-order chi connectivity index (χ1) is 11.9. The van der Waals surface area contributed by atoms with Crippen molar-refractivity contribution >= 4 is 11.9 Å². The zero-order valence-electron chi connectivity index (χ0n) is 17.2. The summed E-state index contributed by atoms with van der Waals surface area (Å²) in [5, 5.41) is 2.87. The molecule has 0 aliphatic carbocycles. The van der Waals surface area contributed by atoms with Crippen LogP contribution in [0.3, 0.4) is 0 Å². The Morgan fingerprint density at radius 1 is 0.840 bits per heavy atom. The van der Waals surface area contributed by atoms with Crippen LogP contribution in [0, 0.1) is 5.92 Å². The minimum Gasteiger partial charge on any atom is -0.461 e. The highest BCUT2D eigenvalue weighted by Gasteiger charge is 2.23. The molecule has 0 bridgehead atoms. The highest BCUT2D eigenvalue weighted by atomic mass is 16.5. The molecule has 0 unspecified atom stereocenters. The Morgan fingerprint density at radius 2 is 1.36 bits per heavy atom. The second-order valence-electron chi connectivity index (χ2n) is 7.81. The van der Waals surface area contributed by atoms with Gasteiger partial charge in [0.05, 0.1) is 6.10 Å². The molecule has 1 atom stereocenters. The van der Waals surface area contributed by atoms with E-state index in [4.69, 9.17) is 4.74 Å². The van der Waals surface area contributed by atoms with Crippen molar-refractivity contribution in [3.05, 3.63) is 0 Å². The van der Waals surface area contributed by atoms with Crippen LogP contribution in [0.2, 0.25) is 0 Å².